The van der Waals surface area contributed by atoms with Crippen molar-refractivity contribution < 1.29 is 33.2 Å². The van der Waals surface area contributed by atoms with E-state index in [2.05, 4.69) is 15.7 Å². The van der Waals surface area contributed by atoms with E-state index < -0.39 is 6.16 Å². The summed E-state index contributed by atoms with van der Waals surface area (Å²) in [6.45, 7) is 4.90. The fraction of sp³-hybridized carbons (Fsp3) is 0.300. The van der Waals surface area contributed by atoms with Gasteiger partial charge in [0.15, 0.2) is 11.5 Å². The molecule has 0 spiro atoms. The minimum Gasteiger partial charge on any atom is -0.494 e. The lowest BCUT2D eigenvalue weighted by atomic mass is 10.0. The van der Waals surface area contributed by atoms with Crippen LogP contribution in [0, 0.1) is 0 Å². The van der Waals surface area contributed by atoms with Gasteiger partial charge in [0.1, 0.15) is 16.8 Å². The molecule has 5 rings (SSSR count). The van der Waals surface area contributed by atoms with E-state index in [0.29, 0.717) is 53.2 Å². The Labute approximate surface area is 241 Å². The largest absolute Gasteiger partial charge is 0.515 e. The summed E-state index contributed by atoms with van der Waals surface area (Å²) >= 11 is 1.17. The van der Waals surface area contributed by atoms with Crippen molar-refractivity contribution in [3.8, 4) is 40.0 Å². The van der Waals surface area contributed by atoms with Gasteiger partial charge in [-0.3, -0.25) is 0 Å². The zero-order valence-electron chi connectivity index (χ0n) is 23.6. The predicted molar refractivity (Wildman–Crippen MR) is 157 cm³/mol. The summed E-state index contributed by atoms with van der Waals surface area (Å²) in [7, 11) is 4.66. The lowest BCUT2D eigenvalue weighted by Crippen LogP contribution is -2.14. The number of nitrogens with zero attached hydrogens (tertiary/aromatic N) is 3. The smallest absolute Gasteiger partial charge is 0.494 e. The van der Waals surface area contributed by atoms with Crippen LogP contribution in [0.3, 0.4) is 0 Å². The predicted octanol–water partition coefficient (Wildman–Crippen LogP) is 6.71. The second-order valence-electron chi connectivity index (χ2n) is 9.08. The number of methoxy groups -OCH3 is 3. The molecule has 0 amide bonds. The van der Waals surface area contributed by atoms with Crippen molar-refractivity contribution in [2.45, 2.75) is 26.8 Å². The standard InChI is InChI=1S/C30H31N3O7S/c1-6-12-39-20-9-11-24-21(16-20)27(19-14-25(35-3)28(37-5)26(15-19)36-4)29(40-30(34)38-7-2)33(24)17-18-8-10-22-23(13-18)32-41-31-22/h8-11,13-16H,6-7,12,17H2,1-5H3. The zero-order chi connectivity index (χ0) is 28.9. The van der Waals surface area contributed by atoms with E-state index in [9.17, 15) is 4.79 Å². The number of carbonyl (C=O) groups excluding carboxylic acids is 1. The van der Waals surface area contributed by atoms with Crippen molar-refractivity contribution >= 4 is 39.8 Å². The molecule has 0 aliphatic carbocycles. The van der Waals surface area contributed by atoms with Gasteiger partial charge in [-0.1, -0.05) is 13.0 Å². The summed E-state index contributed by atoms with van der Waals surface area (Å²) in [5, 5.41) is 0.809. The average Bonchev–Trinajstić information content (AvgIpc) is 3.57. The number of ether oxygens (including phenoxy) is 6. The van der Waals surface area contributed by atoms with E-state index in [1.165, 1.54) is 11.7 Å². The Morgan fingerprint density at radius 2 is 1.66 bits per heavy atom. The summed E-state index contributed by atoms with van der Waals surface area (Å²) < 4.78 is 44.6. The van der Waals surface area contributed by atoms with E-state index in [1.54, 1.807) is 28.3 Å². The quantitative estimate of drug-likeness (QED) is 0.158. The van der Waals surface area contributed by atoms with Crippen LogP contribution in [0.5, 0.6) is 28.9 Å². The molecule has 0 aliphatic rings. The summed E-state index contributed by atoms with van der Waals surface area (Å²) in [6, 6.07) is 15.4. The fourth-order valence-corrected chi connectivity index (χ4v) is 5.24. The van der Waals surface area contributed by atoms with Crippen LogP contribution >= 0.6 is 11.7 Å². The summed E-state index contributed by atoms with van der Waals surface area (Å²) in [5.41, 5.74) is 4.75. The minimum absolute atomic E-state index is 0.168. The molecule has 0 N–H and O–H groups in total. The van der Waals surface area contributed by atoms with Crippen molar-refractivity contribution in [3.63, 3.8) is 0 Å². The number of fused-ring (bicyclic) bond motifs is 2. The van der Waals surface area contributed by atoms with E-state index in [0.717, 1.165) is 33.9 Å². The van der Waals surface area contributed by atoms with Gasteiger partial charge in [-0.15, -0.1) is 0 Å². The molecule has 11 heteroatoms. The van der Waals surface area contributed by atoms with Gasteiger partial charge in [0.25, 0.3) is 0 Å². The molecule has 0 fully saturated rings. The molecule has 0 saturated heterocycles. The Kier molecular flexibility index (Phi) is 8.44. The monoisotopic (exact) mass is 577 g/mol. The number of carbonyl (C=O) groups is 1. The molecule has 0 unspecified atom stereocenters. The second kappa shape index (κ2) is 12.3. The number of hydrogen-bond donors (Lipinski definition) is 0. The first-order chi connectivity index (χ1) is 20.0. The van der Waals surface area contributed by atoms with Crippen molar-refractivity contribution in [1.29, 1.82) is 0 Å². The molecule has 2 aromatic heterocycles. The molecule has 5 aromatic rings. The third-order valence-electron chi connectivity index (χ3n) is 6.51. The van der Waals surface area contributed by atoms with Crippen LogP contribution in [0.25, 0.3) is 33.1 Å². The molecular weight excluding hydrogens is 546 g/mol. The van der Waals surface area contributed by atoms with Gasteiger partial charge in [-0.05, 0) is 66.9 Å². The Balaban J connectivity index is 1.79. The lowest BCUT2D eigenvalue weighted by Gasteiger charge is -2.16. The highest BCUT2D eigenvalue weighted by atomic mass is 32.1. The van der Waals surface area contributed by atoms with Gasteiger partial charge in [0, 0.05) is 5.39 Å². The van der Waals surface area contributed by atoms with E-state index in [1.807, 2.05) is 53.1 Å². The van der Waals surface area contributed by atoms with Crippen LogP contribution in [-0.2, 0) is 11.3 Å². The van der Waals surface area contributed by atoms with E-state index in [4.69, 9.17) is 28.4 Å². The lowest BCUT2D eigenvalue weighted by molar-refractivity contribution is 0.101. The highest BCUT2D eigenvalue weighted by Crippen LogP contribution is 2.47. The first-order valence-electron chi connectivity index (χ1n) is 13.2. The van der Waals surface area contributed by atoms with Crippen LogP contribution in [0.4, 0.5) is 4.79 Å². The third kappa shape index (κ3) is 5.58. The van der Waals surface area contributed by atoms with Crippen molar-refractivity contribution in [2.75, 3.05) is 34.5 Å². The second-order valence-corrected chi connectivity index (χ2v) is 9.61. The SMILES string of the molecule is CCCOc1ccc2c(c1)c(-c1cc(OC)c(OC)c(OC)c1)c(OC(=O)OCC)n2Cc1ccc2nsnc2c1. The molecule has 0 saturated carbocycles. The fourth-order valence-electron chi connectivity index (χ4n) is 4.72. The normalized spacial score (nSPS) is 11.0. The van der Waals surface area contributed by atoms with Crippen LogP contribution in [0.2, 0.25) is 0 Å². The molecule has 214 valence electrons. The highest BCUT2D eigenvalue weighted by Gasteiger charge is 2.26. The Hall–Kier alpha value is -4.51. The molecule has 10 nitrogen and oxygen atoms in total. The Morgan fingerprint density at radius 3 is 2.34 bits per heavy atom. The van der Waals surface area contributed by atoms with Crippen LogP contribution < -0.4 is 23.7 Å². The minimum atomic E-state index is -0.813. The molecule has 2 heterocycles. The van der Waals surface area contributed by atoms with Gasteiger partial charge < -0.3 is 33.0 Å². The van der Waals surface area contributed by atoms with Gasteiger partial charge in [0.2, 0.25) is 11.6 Å². The van der Waals surface area contributed by atoms with Gasteiger partial charge in [-0.25, -0.2) is 4.79 Å². The maximum atomic E-state index is 12.8. The molecule has 0 radical (unpaired) electrons. The third-order valence-corrected chi connectivity index (χ3v) is 7.07. The van der Waals surface area contributed by atoms with E-state index >= 15 is 0 Å². The van der Waals surface area contributed by atoms with Crippen molar-refractivity contribution in [1.82, 2.24) is 13.3 Å². The maximum absolute atomic E-state index is 12.8. The zero-order valence-corrected chi connectivity index (χ0v) is 24.4. The Morgan fingerprint density at radius 1 is 0.902 bits per heavy atom. The topological polar surface area (TPSA) is 103 Å². The number of rotatable bonds is 11. The van der Waals surface area contributed by atoms with Crippen LogP contribution in [-0.4, -0.2) is 54.0 Å². The van der Waals surface area contributed by atoms with Gasteiger partial charge in [0.05, 0.1) is 63.9 Å². The number of hydrogen-bond acceptors (Lipinski definition) is 10. The van der Waals surface area contributed by atoms with Crippen molar-refractivity contribution in [3.05, 3.63) is 54.1 Å². The molecule has 3 aromatic carbocycles. The van der Waals surface area contributed by atoms with Gasteiger partial charge >= 0.3 is 6.16 Å². The molecule has 0 atom stereocenters. The summed E-state index contributed by atoms with van der Waals surface area (Å²) in [6.07, 6.45) is 0.0519. The van der Waals surface area contributed by atoms with E-state index in [-0.39, 0.29) is 6.61 Å². The number of benzene rings is 3. The van der Waals surface area contributed by atoms with Gasteiger partial charge in [-0.2, -0.15) is 8.75 Å². The first kappa shape index (κ1) is 28.0. The average molecular weight is 578 g/mol. The molecule has 0 bridgehead atoms. The molecular formula is C30H31N3O7S. The Bertz CT molecular complexity index is 1670. The molecule has 0 aliphatic heterocycles. The number of aromatic nitrogens is 3. The summed E-state index contributed by atoms with van der Waals surface area (Å²) in [4.78, 5) is 12.8. The highest BCUT2D eigenvalue weighted by molar-refractivity contribution is 7.00. The van der Waals surface area contributed by atoms with Crippen LogP contribution in [0.1, 0.15) is 25.8 Å². The molecule has 41 heavy (non-hydrogen) atoms. The van der Waals surface area contributed by atoms with Crippen LogP contribution in [0.15, 0.2) is 48.5 Å². The summed E-state index contributed by atoms with van der Waals surface area (Å²) in [5.74, 6) is 2.38. The first-order valence-corrected chi connectivity index (χ1v) is 13.9. The van der Waals surface area contributed by atoms with Crippen molar-refractivity contribution in [2.24, 2.45) is 0 Å². The maximum Gasteiger partial charge on any atom is 0.515 e.